The van der Waals surface area contributed by atoms with Gasteiger partial charge in [0.25, 0.3) is 0 Å². The highest BCUT2D eigenvalue weighted by Crippen LogP contribution is 2.37. The van der Waals surface area contributed by atoms with Gasteiger partial charge in [-0.3, -0.25) is 0 Å². The van der Waals surface area contributed by atoms with Crippen LogP contribution >= 0.6 is 0 Å². The number of benzene rings is 2. The van der Waals surface area contributed by atoms with Crippen molar-refractivity contribution in [3.8, 4) is 22.9 Å². The second-order valence-electron chi connectivity index (χ2n) is 6.09. The summed E-state index contributed by atoms with van der Waals surface area (Å²) >= 11 is 0. The molecule has 2 aromatic heterocycles. The van der Waals surface area contributed by atoms with E-state index in [-0.39, 0.29) is 6.61 Å². The van der Waals surface area contributed by atoms with E-state index in [0.29, 0.717) is 30.5 Å². The maximum Gasteiger partial charge on any atom is 0.204 e. The van der Waals surface area contributed by atoms with Crippen LogP contribution < -0.4 is 14.2 Å². The third-order valence-electron chi connectivity index (χ3n) is 4.21. The number of fused-ring (bicyclic) bond motifs is 1. The molecule has 144 valence electrons. The molecule has 2 heterocycles. The van der Waals surface area contributed by atoms with Gasteiger partial charge in [-0.2, -0.15) is 0 Å². The molecule has 0 aliphatic heterocycles. The Bertz CT molecular complexity index is 1030. The largest absolute Gasteiger partial charge is 0.490 e. The molecular weight excluding hydrogens is 356 g/mol. The van der Waals surface area contributed by atoms with Gasteiger partial charge in [0.05, 0.1) is 30.6 Å². The Balaban J connectivity index is 1.57. The fourth-order valence-corrected chi connectivity index (χ4v) is 3.00. The summed E-state index contributed by atoms with van der Waals surface area (Å²) in [5, 5.41) is 0. The Labute approximate surface area is 162 Å². The van der Waals surface area contributed by atoms with E-state index in [4.69, 9.17) is 14.2 Å². The third kappa shape index (κ3) is 3.64. The summed E-state index contributed by atoms with van der Waals surface area (Å²) in [6.45, 7) is 5.25. The number of rotatable bonds is 8. The van der Waals surface area contributed by atoms with Crippen molar-refractivity contribution < 1.29 is 14.2 Å². The average Bonchev–Trinajstić information content (AvgIpc) is 3.37. The number of H-pyrrole nitrogens is 1. The first kappa shape index (κ1) is 17.9. The van der Waals surface area contributed by atoms with E-state index in [0.717, 1.165) is 22.5 Å². The van der Waals surface area contributed by atoms with Crippen molar-refractivity contribution in [1.29, 1.82) is 0 Å². The number of hydrogen-bond donors (Lipinski definition) is 1. The van der Waals surface area contributed by atoms with E-state index < -0.39 is 0 Å². The molecule has 0 radical (unpaired) electrons. The monoisotopic (exact) mass is 378 g/mol. The van der Waals surface area contributed by atoms with E-state index >= 15 is 0 Å². The second-order valence-corrected chi connectivity index (χ2v) is 6.09. The molecule has 2 aromatic carbocycles. The Morgan fingerprint density at radius 2 is 1.79 bits per heavy atom. The Morgan fingerprint density at radius 3 is 2.46 bits per heavy atom. The van der Waals surface area contributed by atoms with Crippen molar-refractivity contribution in [2.45, 2.75) is 20.5 Å². The van der Waals surface area contributed by atoms with Crippen molar-refractivity contribution in [2.75, 3.05) is 13.2 Å². The first-order chi connectivity index (χ1) is 13.8. The summed E-state index contributed by atoms with van der Waals surface area (Å²) in [4.78, 5) is 12.0. The molecule has 4 aromatic rings. The molecular formula is C21H22N4O3. The van der Waals surface area contributed by atoms with Crippen molar-refractivity contribution in [1.82, 2.24) is 19.5 Å². The van der Waals surface area contributed by atoms with Gasteiger partial charge in [0, 0.05) is 18.1 Å². The van der Waals surface area contributed by atoms with Crippen LogP contribution in [-0.4, -0.2) is 32.7 Å². The third-order valence-corrected chi connectivity index (χ3v) is 4.21. The zero-order chi connectivity index (χ0) is 19.3. The van der Waals surface area contributed by atoms with Crippen LogP contribution in [0, 0.1) is 0 Å². The van der Waals surface area contributed by atoms with Crippen LogP contribution in [0.2, 0.25) is 0 Å². The lowest BCUT2D eigenvalue weighted by Crippen LogP contribution is -2.03. The molecule has 0 atom stereocenters. The minimum absolute atomic E-state index is 0.277. The average molecular weight is 378 g/mol. The van der Waals surface area contributed by atoms with Gasteiger partial charge in [0.15, 0.2) is 11.5 Å². The Morgan fingerprint density at radius 1 is 1.00 bits per heavy atom. The maximum absolute atomic E-state index is 6.03. The predicted molar refractivity (Wildman–Crippen MR) is 106 cm³/mol. The highest BCUT2D eigenvalue weighted by atomic mass is 16.5. The van der Waals surface area contributed by atoms with E-state index in [1.807, 2.05) is 61.0 Å². The molecule has 0 amide bonds. The summed E-state index contributed by atoms with van der Waals surface area (Å²) in [7, 11) is 0. The van der Waals surface area contributed by atoms with Crippen LogP contribution in [0.4, 0.5) is 0 Å². The van der Waals surface area contributed by atoms with Crippen LogP contribution in [0.15, 0.2) is 55.1 Å². The van der Waals surface area contributed by atoms with E-state index in [1.54, 1.807) is 12.5 Å². The van der Waals surface area contributed by atoms with E-state index in [1.165, 1.54) is 0 Å². The second kappa shape index (κ2) is 8.04. The first-order valence-electron chi connectivity index (χ1n) is 9.27. The maximum atomic E-state index is 6.03. The summed E-state index contributed by atoms with van der Waals surface area (Å²) in [6, 6.07) is 11.7. The van der Waals surface area contributed by atoms with Crippen LogP contribution in [-0.2, 0) is 6.61 Å². The normalized spacial score (nSPS) is 10.9. The standard InChI is InChI=1S/C21H22N4O3/c1-3-26-18-6-5-7-19(27-4-2)21(18)28-13-20-23-16-9-8-15(12-17(16)24-20)25-11-10-22-14-25/h5-12,14H,3-4,13H2,1-2H3,(H,23,24). The van der Waals surface area contributed by atoms with Crippen molar-refractivity contribution in [3.05, 3.63) is 60.9 Å². The minimum Gasteiger partial charge on any atom is -0.490 e. The Kier molecular flexibility index (Phi) is 5.14. The lowest BCUT2D eigenvalue weighted by molar-refractivity contribution is 0.241. The number of nitrogens with one attached hydrogen (secondary N) is 1. The van der Waals surface area contributed by atoms with Gasteiger partial charge in [0.1, 0.15) is 12.4 Å². The first-order valence-corrected chi connectivity index (χ1v) is 9.27. The van der Waals surface area contributed by atoms with Crippen LogP contribution in [0.5, 0.6) is 17.2 Å². The Hall–Kier alpha value is -3.48. The molecule has 7 heteroatoms. The van der Waals surface area contributed by atoms with Crippen LogP contribution in [0.1, 0.15) is 19.7 Å². The quantitative estimate of drug-likeness (QED) is 0.499. The molecule has 0 fully saturated rings. The highest BCUT2D eigenvalue weighted by molar-refractivity contribution is 5.77. The lowest BCUT2D eigenvalue weighted by Gasteiger charge is -2.15. The minimum atomic E-state index is 0.277. The fourth-order valence-electron chi connectivity index (χ4n) is 3.00. The SMILES string of the molecule is CCOc1cccc(OCC)c1OCc1nc2cc(-n3ccnc3)ccc2[nH]1. The van der Waals surface area contributed by atoms with Crippen molar-refractivity contribution in [2.24, 2.45) is 0 Å². The molecule has 1 N–H and O–H groups in total. The van der Waals surface area contributed by atoms with Gasteiger partial charge in [-0.25, -0.2) is 9.97 Å². The topological polar surface area (TPSA) is 74.2 Å². The molecule has 0 saturated heterocycles. The molecule has 0 bridgehead atoms. The molecule has 0 spiro atoms. The smallest absolute Gasteiger partial charge is 0.204 e. The van der Waals surface area contributed by atoms with Gasteiger partial charge in [-0.05, 0) is 44.2 Å². The molecule has 0 saturated carbocycles. The fraction of sp³-hybridized carbons (Fsp3) is 0.238. The zero-order valence-corrected chi connectivity index (χ0v) is 15.9. The van der Waals surface area contributed by atoms with Gasteiger partial charge >= 0.3 is 0 Å². The number of imidazole rings is 2. The number of aromatic amines is 1. The van der Waals surface area contributed by atoms with E-state index in [2.05, 4.69) is 15.0 Å². The van der Waals surface area contributed by atoms with Gasteiger partial charge < -0.3 is 23.8 Å². The number of ether oxygens (including phenoxy) is 3. The molecule has 4 rings (SSSR count). The summed E-state index contributed by atoms with van der Waals surface area (Å²) < 4.78 is 19.3. The van der Waals surface area contributed by atoms with Gasteiger partial charge in [-0.1, -0.05) is 6.07 Å². The van der Waals surface area contributed by atoms with Gasteiger partial charge in [0.2, 0.25) is 5.75 Å². The highest BCUT2D eigenvalue weighted by Gasteiger charge is 2.14. The lowest BCUT2D eigenvalue weighted by atomic mass is 10.3. The molecule has 7 nitrogen and oxygen atoms in total. The molecule has 0 aliphatic rings. The van der Waals surface area contributed by atoms with Gasteiger partial charge in [-0.15, -0.1) is 0 Å². The van der Waals surface area contributed by atoms with E-state index in [9.17, 15) is 0 Å². The summed E-state index contributed by atoms with van der Waals surface area (Å²) in [5.41, 5.74) is 2.82. The summed E-state index contributed by atoms with van der Waals surface area (Å²) in [5.74, 6) is 2.64. The number of aromatic nitrogens is 4. The van der Waals surface area contributed by atoms with Crippen LogP contribution in [0.25, 0.3) is 16.7 Å². The molecule has 28 heavy (non-hydrogen) atoms. The molecule has 0 aliphatic carbocycles. The van der Waals surface area contributed by atoms with Crippen molar-refractivity contribution >= 4 is 11.0 Å². The molecule has 0 unspecified atom stereocenters. The zero-order valence-electron chi connectivity index (χ0n) is 15.9. The number of nitrogens with zero attached hydrogens (tertiary/aromatic N) is 3. The summed E-state index contributed by atoms with van der Waals surface area (Å²) in [6.07, 6.45) is 5.41. The predicted octanol–water partition coefficient (Wildman–Crippen LogP) is 4.13. The van der Waals surface area contributed by atoms with Crippen molar-refractivity contribution in [3.63, 3.8) is 0 Å². The number of para-hydroxylation sites is 1. The van der Waals surface area contributed by atoms with Crippen LogP contribution in [0.3, 0.4) is 0 Å². The number of hydrogen-bond acceptors (Lipinski definition) is 5.